The number of amides is 2. The molecule has 2 rings (SSSR count). The van der Waals surface area contributed by atoms with Gasteiger partial charge < -0.3 is 20.5 Å². The molecule has 1 aromatic heterocycles. The molecule has 0 unspecified atom stereocenters. The van der Waals surface area contributed by atoms with E-state index in [-0.39, 0.29) is 6.54 Å². The normalized spacial score (nSPS) is 9.86. The van der Waals surface area contributed by atoms with Gasteiger partial charge in [0, 0.05) is 11.6 Å². The summed E-state index contributed by atoms with van der Waals surface area (Å²) in [5, 5.41) is 2.41. The van der Waals surface area contributed by atoms with Gasteiger partial charge in [0.2, 0.25) is 11.8 Å². The molecule has 0 aliphatic heterocycles. The Morgan fingerprint density at radius 3 is 2.68 bits per heavy atom. The van der Waals surface area contributed by atoms with Crippen LogP contribution in [0.4, 0.5) is 0 Å². The van der Waals surface area contributed by atoms with E-state index in [4.69, 9.17) is 15.2 Å². The van der Waals surface area contributed by atoms with Crippen LogP contribution in [0.15, 0.2) is 42.6 Å². The molecule has 0 saturated heterocycles. The number of hydrogen-bond donors (Lipinski definition) is 2. The molecule has 0 aliphatic rings. The second-order valence-corrected chi connectivity index (χ2v) is 4.32. The number of nitrogens with two attached hydrogens (primary N) is 1. The van der Waals surface area contributed by atoms with Crippen LogP contribution in [0, 0.1) is 0 Å². The Hall–Kier alpha value is -3.09. The average Bonchev–Trinajstić information content (AvgIpc) is 2.53. The van der Waals surface area contributed by atoms with E-state index in [0.29, 0.717) is 22.9 Å². The molecule has 7 nitrogen and oxygen atoms in total. The molecule has 22 heavy (non-hydrogen) atoms. The molecule has 0 radical (unpaired) electrons. The topological polar surface area (TPSA) is 104 Å². The van der Waals surface area contributed by atoms with Crippen molar-refractivity contribution in [2.75, 3.05) is 13.7 Å². The Morgan fingerprint density at radius 2 is 2.05 bits per heavy atom. The molecule has 7 heteroatoms. The van der Waals surface area contributed by atoms with Crippen LogP contribution in [0.1, 0.15) is 10.4 Å². The highest BCUT2D eigenvalue weighted by molar-refractivity contribution is 5.96. The first-order chi connectivity index (χ1) is 10.6. The highest BCUT2D eigenvalue weighted by atomic mass is 16.5. The number of nitrogens with one attached hydrogen (secondary N) is 1. The number of primary amides is 1. The van der Waals surface area contributed by atoms with E-state index >= 15 is 0 Å². The Morgan fingerprint density at radius 1 is 1.23 bits per heavy atom. The lowest BCUT2D eigenvalue weighted by molar-refractivity contribution is -0.117. The molecule has 0 bridgehead atoms. The molecule has 2 aromatic rings. The zero-order valence-corrected chi connectivity index (χ0v) is 11.9. The molecule has 1 aromatic carbocycles. The molecule has 0 saturated carbocycles. The number of pyridine rings is 1. The maximum absolute atomic E-state index is 11.8. The highest BCUT2D eigenvalue weighted by Gasteiger charge is 2.08. The number of aromatic nitrogens is 1. The lowest BCUT2D eigenvalue weighted by Gasteiger charge is -2.08. The molecule has 0 aliphatic carbocycles. The van der Waals surface area contributed by atoms with Crippen LogP contribution in [-0.2, 0) is 4.79 Å². The Bertz CT molecular complexity index is 671. The molecule has 0 fully saturated rings. The van der Waals surface area contributed by atoms with Crippen molar-refractivity contribution < 1.29 is 19.1 Å². The van der Waals surface area contributed by atoms with Gasteiger partial charge in [0.05, 0.1) is 19.9 Å². The van der Waals surface area contributed by atoms with Gasteiger partial charge in [-0.05, 0) is 24.3 Å². The van der Waals surface area contributed by atoms with Gasteiger partial charge in [-0.2, -0.15) is 0 Å². The van der Waals surface area contributed by atoms with Crippen molar-refractivity contribution in [3.63, 3.8) is 0 Å². The summed E-state index contributed by atoms with van der Waals surface area (Å²) in [6, 6.07) is 9.90. The quantitative estimate of drug-likeness (QED) is 0.831. The van der Waals surface area contributed by atoms with Gasteiger partial charge in [0.25, 0.3) is 5.91 Å². The number of hydrogen-bond acceptors (Lipinski definition) is 5. The number of methoxy groups -OCH3 is 1. The van der Waals surface area contributed by atoms with E-state index < -0.39 is 11.8 Å². The minimum Gasteiger partial charge on any atom is -0.481 e. The fourth-order valence-corrected chi connectivity index (χ4v) is 1.65. The summed E-state index contributed by atoms with van der Waals surface area (Å²) in [5.41, 5.74) is 5.34. The van der Waals surface area contributed by atoms with Gasteiger partial charge in [-0.25, -0.2) is 4.98 Å². The first kappa shape index (κ1) is 15.3. The zero-order valence-electron chi connectivity index (χ0n) is 11.9. The molecular weight excluding hydrogens is 286 g/mol. The van der Waals surface area contributed by atoms with Crippen LogP contribution >= 0.6 is 0 Å². The first-order valence-corrected chi connectivity index (χ1v) is 6.43. The Balaban J connectivity index is 2.07. The van der Waals surface area contributed by atoms with E-state index in [1.807, 2.05) is 0 Å². The molecule has 3 N–H and O–H groups in total. The first-order valence-electron chi connectivity index (χ1n) is 6.43. The third-order valence-electron chi connectivity index (χ3n) is 2.67. The summed E-state index contributed by atoms with van der Waals surface area (Å²) in [6.07, 6.45) is 1.51. The molecule has 114 valence electrons. The van der Waals surface area contributed by atoms with Crippen molar-refractivity contribution in [3.05, 3.63) is 48.2 Å². The zero-order chi connectivity index (χ0) is 15.9. The van der Waals surface area contributed by atoms with Crippen LogP contribution in [0.25, 0.3) is 0 Å². The van der Waals surface area contributed by atoms with Crippen LogP contribution in [0.2, 0.25) is 0 Å². The summed E-state index contributed by atoms with van der Waals surface area (Å²) in [6.45, 7) is -0.216. The van der Waals surface area contributed by atoms with Crippen LogP contribution < -0.4 is 20.5 Å². The molecular formula is C15H15N3O4. The molecule has 1 heterocycles. The highest BCUT2D eigenvalue weighted by Crippen LogP contribution is 2.22. The predicted octanol–water partition coefficient (Wildman–Crippen LogP) is 1.10. The molecule has 2 amide bonds. The fourth-order valence-electron chi connectivity index (χ4n) is 1.65. The number of nitrogens with zero attached hydrogens (tertiary/aromatic N) is 1. The second-order valence-electron chi connectivity index (χ2n) is 4.32. The summed E-state index contributed by atoms with van der Waals surface area (Å²) >= 11 is 0. The summed E-state index contributed by atoms with van der Waals surface area (Å²) in [5.74, 6) is 0.447. The van der Waals surface area contributed by atoms with Gasteiger partial charge in [-0.1, -0.05) is 6.07 Å². The van der Waals surface area contributed by atoms with Crippen molar-refractivity contribution in [3.8, 4) is 17.4 Å². The standard InChI is InChI=1S/C15H15N3O4/c1-21-14-6-5-12(8-17-14)22-11-4-2-3-10(7-11)15(20)18-9-13(16)19/h2-8H,9H2,1H3,(H2,16,19)(H,18,20). The molecule has 0 spiro atoms. The summed E-state index contributed by atoms with van der Waals surface area (Å²) in [4.78, 5) is 26.5. The van der Waals surface area contributed by atoms with Gasteiger partial charge in [0.15, 0.2) is 0 Å². The molecule has 0 atom stereocenters. The van der Waals surface area contributed by atoms with Crippen LogP contribution in [0.3, 0.4) is 0 Å². The third-order valence-corrected chi connectivity index (χ3v) is 2.67. The van der Waals surface area contributed by atoms with Crippen LogP contribution in [-0.4, -0.2) is 30.5 Å². The van der Waals surface area contributed by atoms with Gasteiger partial charge in [-0.3, -0.25) is 9.59 Å². The van der Waals surface area contributed by atoms with E-state index in [2.05, 4.69) is 10.3 Å². The van der Waals surface area contributed by atoms with Crippen molar-refractivity contribution in [1.82, 2.24) is 10.3 Å². The average molecular weight is 301 g/mol. The maximum Gasteiger partial charge on any atom is 0.251 e. The van der Waals surface area contributed by atoms with E-state index in [1.54, 1.807) is 36.4 Å². The number of carbonyl (C=O) groups is 2. The van der Waals surface area contributed by atoms with Crippen molar-refractivity contribution in [1.29, 1.82) is 0 Å². The van der Waals surface area contributed by atoms with E-state index in [9.17, 15) is 9.59 Å². The summed E-state index contributed by atoms with van der Waals surface area (Å²) in [7, 11) is 1.52. The van der Waals surface area contributed by atoms with Gasteiger partial charge >= 0.3 is 0 Å². The number of benzene rings is 1. The van der Waals surface area contributed by atoms with Crippen molar-refractivity contribution >= 4 is 11.8 Å². The smallest absolute Gasteiger partial charge is 0.251 e. The monoisotopic (exact) mass is 301 g/mol. The SMILES string of the molecule is COc1ccc(Oc2cccc(C(=O)NCC(N)=O)c2)cn1. The lowest BCUT2D eigenvalue weighted by atomic mass is 10.2. The summed E-state index contributed by atoms with van der Waals surface area (Å²) < 4.78 is 10.6. The predicted molar refractivity (Wildman–Crippen MR) is 78.8 cm³/mol. The van der Waals surface area contributed by atoms with E-state index in [0.717, 1.165) is 0 Å². The number of ether oxygens (including phenoxy) is 2. The van der Waals surface area contributed by atoms with Gasteiger partial charge in [-0.15, -0.1) is 0 Å². The number of rotatable bonds is 6. The van der Waals surface area contributed by atoms with Gasteiger partial charge in [0.1, 0.15) is 11.5 Å². The fraction of sp³-hybridized carbons (Fsp3) is 0.133. The minimum absolute atomic E-state index is 0.216. The minimum atomic E-state index is -0.606. The number of carbonyl (C=O) groups excluding carboxylic acids is 2. The van der Waals surface area contributed by atoms with Crippen molar-refractivity contribution in [2.24, 2.45) is 5.73 Å². The largest absolute Gasteiger partial charge is 0.481 e. The maximum atomic E-state index is 11.8. The van der Waals surface area contributed by atoms with Crippen molar-refractivity contribution in [2.45, 2.75) is 0 Å². The van der Waals surface area contributed by atoms with Crippen LogP contribution in [0.5, 0.6) is 17.4 Å². The Kier molecular flexibility index (Phi) is 4.92. The second kappa shape index (κ2) is 7.07. The van der Waals surface area contributed by atoms with E-state index in [1.165, 1.54) is 13.3 Å². The Labute approximate surface area is 127 Å². The third kappa shape index (κ3) is 4.20. The lowest BCUT2D eigenvalue weighted by Crippen LogP contribution is -2.33.